The van der Waals surface area contributed by atoms with Crippen LogP contribution in [0.25, 0.3) is 6.08 Å². The highest BCUT2D eigenvalue weighted by Gasteiger charge is 2.08. The molecule has 1 N–H and O–H groups in total. The van der Waals surface area contributed by atoms with Crippen LogP contribution in [0.5, 0.6) is 5.75 Å². The summed E-state index contributed by atoms with van der Waals surface area (Å²) in [5.74, 6) is 0.395. The van der Waals surface area contributed by atoms with Gasteiger partial charge in [-0.1, -0.05) is 30.3 Å². The van der Waals surface area contributed by atoms with E-state index in [0.717, 1.165) is 11.3 Å². The van der Waals surface area contributed by atoms with Crippen LogP contribution in [0.1, 0.15) is 12.5 Å². The molecular formula is C21H24N2O4. The number of ether oxygens (including phenoxy) is 2. The maximum Gasteiger partial charge on any atom is 0.330 e. The summed E-state index contributed by atoms with van der Waals surface area (Å²) in [6.45, 7) is 2.97. The van der Waals surface area contributed by atoms with Gasteiger partial charge in [0.25, 0.3) is 0 Å². The number of rotatable bonds is 8. The van der Waals surface area contributed by atoms with Crippen LogP contribution in [-0.4, -0.2) is 43.7 Å². The first kappa shape index (κ1) is 20.0. The number of nitrogens with one attached hydrogen (secondary N) is 1. The minimum atomic E-state index is -0.380. The van der Waals surface area contributed by atoms with Crippen LogP contribution >= 0.6 is 0 Å². The van der Waals surface area contributed by atoms with E-state index < -0.39 is 0 Å². The molecule has 6 nitrogen and oxygen atoms in total. The van der Waals surface area contributed by atoms with E-state index in [2.05, 4.69) is 5.32 Å². The number of esters is 1. The molecule has 0 aliphatic rings. The van der Waals surface area contributed by atoms with Gasteiger partial charge < -0.3 is 19.7 Å². The molecule has 2 aromatic carbocycles. The summed E-state index contributed by atoms with van der Waals surface area (Å²) in [7, 11) is 1.71. The second kappa shape index (κ2) is 10.7. The average Bonchev–Trinajstić information content (AvgIpc) is 2.68. The van der Waals surface area contributed by atoms with Crippen molar-refractivity contribution < 1.29 is 19.1 Å². The van der Waals surface area contributed by atoms with Crippen LogP contribution in [0.4, 0.5) is 10.5 Å². The molecule has 0 saturated carbocycles. The summed E-state index contributed by atoms with van der Waals surface area (Å²) in [6, 6.07) is 16.4. The van der Waals surface area contributed by atoms with Crippen LogP contribution < -0.4 is 10.1 Å². The Hall–Kier alpha value is -3.28. The molecule has 0 radical (unpaired) electrons. The number of nitrogens with zero attached hydrogens (tertiary/aromatic N) is 1. The van der Waals surface area contributed by atoms with Crippen molar-refractivity contribution in [3.8, 4) is 5.75 Å². The molecule has 6 heteroatoms. The van der Waals surface area contributed by atoms with Crippen molar-refractivity contribution in [2.75, 3.05) is 32.1 Å². The third kappa shape index (κ3) is 7.23. The SMILES string of the molecule is CCOC(=O)/C=C/c1ccc(NC(=O)N(C)CCOc2ccccc2)cc1. The third-order valence-electron chi connectivity index (χ3n) is 3.65. The molecule has 0 aliphatic carbocycles. The lowest BCUT2D eigenvalue weighted by Gasteiger charge is -2.18. The Kier molecular flexibility index (Phi) is 7.91. The van der Waals surface area contributed by atoms with Gasteiger partial charge in [0.1, 0.15) is 12.4 Å². The zero-order chi connectivity index (χ0) is 19.5. The lowest BCUT2D eigenvalue weighted by molar-refractivity contribution is -0.137. The van der Waals surface area contributed by atoms with E-state index in [4.69, 9.17) is 9.47 Å². The Morgan fingerprint density at radius 3 is 2.44 bits per heavy atom. The summed E-state index contributed by atoms with van der Waals surface area (Å²) in [5.41, 5.74) is 1.51. The summed E-state index contributed by atoms with van der Waals surface area (Å²) in [4.78, 5) is 25.1. The fourth-order valence-electron chi connectivity index (χ4n) is 2.17. The van der Waals surface area contributed by atoms with Crippen molar-refractivity contribution in [3.05, 3.63) is 66.2 Å². The van der Waals surface area contributed by atoms with E-state index >= 15 is 0 Å². The highest BCUT2D eigenvalue weighted by Crippen LogP contribution is 2.12. The fourth-order valence-corrected chi connectivity index (χ4v) is 2.17. The average molecular weight is 368 g/mol. The number of likely N-dealkylation sites (N-methyl/N-ethyl adjacent to an activating group) is 1. The van der Waals surface area contributed by atoms with E-state index in [1.165, 1.54) is 6.08 Å². The summed E-state index contributed by atoms with van der Waals surface area (Å²) in [5, 5.41) is 2.82. The van der Waals surface area contributed by atoms with E-state index in [-0.39, 0.29) is 12.0 Å². The Labute approximate surface area is 159 Å². The van der Waals surface area contributed by atoms with E-state index in [0.29, 0.717) is 25.4 Å². The molecule has 142 valence electrons. The molecule has 0 saturated heterocycles. The number of carbonyl (C=O) groups is 2. The monoisotopic (exact) mass is 368 g/mol. The molecule has 0 atom stereocenters. The van der Waals surface area contributed by atoms with Gasteiger partial charge >= 0.3 is 12.0 Å². The minimum absolute atomic E-state index is 0.221. The number of para-hydroxylation sites is 1. The van der Waals surface area contributed by atoms with Crippen LogP contribution in [0.15, 0.2) is 60.7 Å². The summed E-state index contributed by atoms with van der Waals surface area (Å²) < 4.78 is 10.4. The molecular weight excluding hydrogens is 344 g/mol. The van der Waals surface area contributed by atoms with E-state index in [1.807, 2.05) is 42.5 Å². The first-order valence-corrected chi connectivity index (χ1v) is 8.73. The molecule has 0 aromatic heterocycles. The molecule has 0 heterocycles. The molecule has 2 aromatic rings. The highest BCUT2D eigenvalue weighted by atomic mass is 16.5. The Morgan fingerprint density at radius 2 is 1.78 bits per heavy atom. The van der Waals surface area contributed by atoms with Crippen molar-refractivity contribution in [1.82, 2.24) is 4.90 Å². The van der Waals surface area contributed by atoms with Gasteiger partial charge in [-0.05, 0) is 42.8 Å². The van der Waals surface area contributed by atoms with Crippen molar-refractivity contribution in [2.45, 2.75) is 6.92 Å². The molecule has 0 spiro atoms. The number of anilines is 1. The minimum Gasteiger partial charge on any atom is -0.492 e. The van der Waals surface area contributed by atoms with Crippen molar-refractivity contribution >= 4 is 23.8 Å². The van der Waals surface area contributed by atoms with E-state index in [1.54, 1.807) is 37.1 Å². The number of hydrogen-bond donors (Lipinski definition) is 1. The van der Waals surface area contributed by atoms with Crippen LogP contribution in [0.3, 0.4) is 0 Å². The lowest BCUT2D eigenvalue weighted by atomic mass is 10.2. The zero-order valence-electron chi connectivity index (χ0n) is 15.6. The largest absolute Gasteiger partial charge is 0.492 e. The molecule has 2 rings (SSSR count). The summed E-state index contributed by atoms with van der Waals surface area (Å²) in [6.07, 6.45) is 3.04. The molecule has 27 heavy (non-hydrogen) atoms. The van der Waals surface area contributed by atoms with Crippen molar-refractivity contribution in [3.63, 3.8) is 0 Å². The molecule has 2 amide bonds. The van der Waals surface area contributed by atoms with Gasteiger partial charge in [-0.3, -0.25) is 0 Å². The number of amides is 2. The van der Waals surface area contributed by atoms with Gasteiger partial charge in [0.15, 0.2) is 0 Å². The zero-order valence-corrected chi connectivity index (χ0v) is 15.6. The highest BCUT2D eigenvalue weighted by molar-refractivity contribution is 5.89. The predicted molar refractivity (Wildman–Crippen MR) is 106 cm³/mol. The number of hydrogen-bond acceptors (Lipinski definition) is 4. The number of urea groups is 1. The molecule has 0 unspecified atom stereocenters. The van der Waals surface area contributed by atoms with Crippen molar-refractivity contribution in [1.29, 1.82) is 0 Å². The quantitative estimate of drug-likeness (QED) is 0.568. The third-order valence-corrected chi connectivity index (χ3v) is 3.65. The Morgan fingerprint density at radius 1 is 1.07 bits per heavy atom. The molecule has 0 fully saturated rings. The van der Waals surface area contributed by atoms with Crippen LogP contribution in [0, 0.1) is 0 Å². The molecule has 0 bridgehead atoms. The predicted octanol–water partition coefficient (Wildman–Crippen LogP) is 3.81. The Bertz CT molecular complexity index is 758. The van der Waals surface area contributed by atoms with Gasteiger partial charge in [-0.25, -0.2) is 9.59 Å². The lowest BCUT2D eigenvalue weighted by Crippen LogP contribution is -2.34. The maximum absolute atomic E-state index is 12.2. The molecule has 0 aliphatic heterocycles. The van der Waals surface area contributed by atoms with Crippen LogP contribution in [0.2, 0.25) is 0 Å². The second-order valence-electron chi connectivity index (χ2n) is 5.72. The first-order chi connectivity index (χ1) is 13.1. The Balaban J connectivity index is 1.78. The normalized spacial score (nSPS) is 10.4. The van der Waals surface area contributed by atoms with E-state index in [9.17, 15) is 9.59 Å². The number of benzene rings is 2. The van der Waals surface area contributed by atoms with Crippen molar-refractivity contribution in [2.24, 2.45) is 0 Å². The smallest absolute Gasteiger partial charge is 0.330 e. The van der Waals surface area contributed by atoms with Crippen LogP contribution in [-0.2, 0) is 9.53 Å². The maximum atomic E-state index is 12.2. The standard InChI is InChI=1S/C21H24N2O4/c1-3-26-20(24)14-11-17-9-12-18(13-10-17)22-21(25)23(2)15-16-27-19-7-5-4-6-8-19/h4-14H,3,15-16H2,1-2H3,(H,22,25)/b14-11+. The second-order valence-corrected chi connectivity index (χ2v) is 5.72. The van der Waals surface area contributed by atoms with Gasteiger partial charge in [-0.2, -0.15) is 0 Å². The fraction of sp³-hybridized carbons (Fsp3) is 0.238. The topological polar surface area (TPSA) is 67.9 Å². The number of carbonyl (C=O) groups excluding carboxylic acids is 2. The van der Waals surface area contributed by atoms with Gasteiger partial charge in [0, 0.05) is 18.8 Å². The summed E-state index contributed by atoms with van der Waals surface area (Å²) >= 11 is 0. The van der Waals surface area contributed by atoms with Gasteiger partial charge in [-0.15, -0.1) is 0 Å². The van der Waals surface area contributed by atoms with Gasteiger partial charge in [0.05, 0.1) is 13.2 Å². The first-order valence-electron chi connectivity index (χ1n) is 8.73. The van der Waals surface area contributed by atoms with Gasteiger partial charge in [0.2, 0.25) is 0 Å².